The van der Waals surface area contributed by atoms with Crippen LogP contribution in [0, 0.1) is 0 Å². The molecule has 0 aromatic heterocycles. The van der Waals surface area contributed by atoms with Crippen molar-refractivity contribution in [1.82, 2.24) is 15.5 Å². The highest BCUT2D eigenvalue weighted by atomic mass is 32.2. The van der Waals surface area contributed by atoms with Crippen LogP contribution in [0.25, 0.3) is 0 Å². The van der Waals surface area contributed by atoms with Crippen molar-refractivity contribution >= 4 is 41.4 Å². The van der Waals surface area contributed by atoms with E-state index >= 15 is 0 Å². The fourth-order valence-corrected chi connectivity index (χ4v) is 6.59. The monoisotopic (exact) mass is 659 g/mol. The van der Waals surface area contributed by atoms with Gasteiger partial charge in [-0.25, -0.2) is 9.59 Å². The molecule has 3 aromatic rings. The van der Waals surface area contributed by atoms with E-state index in [1.165, 1.54) is 22.2 Å². The Bertz CT molecular complexity index is 1490. The van der Waals surface area contributed by atoms with Gasteiger partial charge in [0.2, 0.25) is 11.8 Å². The first-order valence-electron chi connectivity index (χ1n) is 15.7. The number of Topliss-reactive ketones (excluding diaryl/α,β-unsaturated/α-hetero) is 1. The van der Waals surface area contributed by atoms with Crippen molar-refractivity contribution in [2.75, 3.05) is 12.3 Å². The van der Waals surface area contributed by atoms with E-state index in [4.69, 9.17) is 9.47 Å². The van der Waals surface area contributed by atoms with E-state index in [9.17, 15) is 24.0 Å². The highest BCUT2D eigenvalue weighted by Crippen LogP contribution is 2.42. The number of hydrogen-bond donors (Lipinski definition) is 2. The Morgan fingerprint density at radius 3 is 2.11 bits per heavy atom. The van der Waals surface area contributed by atoms with Gasteiger partial charge in [0.15, 0.2) is 0 Å². The number of rotatable bonds is 15. The molecule has 2 N–H and O–H groups in total. The van der Waals surface area contributed by atoms with Gasteiger partial charge in [0.25, 0.3) is 5.78 Å². The van der Waals surface area contributed by atoms with Crippen molar-refractivity contribution in [3.63, 3.8) is 0 Å². The quantitative estimate of drug-likeness (QED) is 0.133. The molecule has 1 saturated heterocycles. The average Bonchev–Trinajstić information content (AvgIpc) is 3.53. The summed E-state index contributed by atoms with van der Waals surface area (Å²) < 4.78 is 10.4. The number of alkyl carbamates (subject to hydrolysis) is 1. The summed E-state index contributed by atoms with van der Waals surface area (Å²) in [5.74, 6) is -2.70. The molecule has 3 atom stereocenters. The predicted molar refractivity (Wildman–Crippen MR) is 179 cm³/mol. The zero-order valence-corrected chi connectivity index (χ0v) is 27.4. The number of thioether (sulfide) groups is 1. The van der Waals surface area contributed by atoms with Gasteiger partial charge in [0.05, 0.1) is 12.6 Å². The molecule has 4 rings (SSSR count). The Kier molecular flexibility index (Phi) is 13.4. The van der Waals surface area contributed by atoms with E-state index in [0.29, 0.717) is 12.8 Å². The van der Waals surface area contributed by atoms with Gasteiger partial charge < -0.3 is 25.0 Å². The van der Waals surface area contributed by atoms with Crippen molar-refractivity contribution in [3.05, 3.63) is 108 Å². The first-order valence-corrected chi connectivity index (χ1v) is 16.8. The van der Waals surface area contributed by atoms with Gasteiger partial charge in [-0.3, -0.25) is 14.4 Å². The highest BCUT2D eigenvalue weighted by Gasteiger charge is 2.44. The number of ketones is 1. The fraction of sp³-hybridized carbons (Fsp3) is 0.361. The van der Waals surface area contributed by atoms with Gasteiger partial charge >= 0.3 is 12.1 Å². The van der Waals surface area contributed by atoms with Crippen LogP contribution in [0.4, 0.5) is 4.79 Å². The molecule has 248 valence electrons. The lowest BCUT2D eigenvalue weighted by molar-refractivity contribution is -0.156. The summed E-state index contributed by atoms with van der Waals surface area (Å²) >= 11 is 1.41. The third-order valence-corrected chi connectivity index (χ3v) is 8.81. The minimum Gasteiger partial charge on any atom is -0.457 e. The summed E-state index contributed by atoms with van der Waals surface area (Å²) in [7, 11) is 0. The summed E-state index contributed by atoms with van der Waals surface area (Å²) in [5.41, 5.74) is 2.79. The van der Waals surface area contributed by atoms with Crippen LogP contribution < -0.4 is 10.6 Å². The van der Waals surface area contributed by atoms with Crippen LogP contribution in [0.5, 0.6) is 0 Å². The minimum absolute atomic E-state index is 0.0338. The molecule has 1 aliphatic heterocycles. The van der Waals surface area contributed by atoms with Crippen LogP contribution in [0.3, 0.4) is 0 Å². The Morgan fingerprint density at radius 2 is 1.47 bits per heavy atom. The second-order valence-electron chi connectivity index (χ2n) is 11.4. The van der Waals surface area contributed by atoms with Crippen LogP contribution in [0.2, 0.25) is 0 Å². The first-order chi connectivity index (χ1) is 22.7. The van der Waals surface area contributed by atoms with Crippen molar-refractivity contribution in [2.24, 2.45) is 0 Å². The maximum atomic E-state index is 14.4. The number of benzene rings is 3. The second-order valence-corrected chi connectivity index (χ2v) is 12.6. The molecule has 1 fully saturated rings. The lowest BCUT2D eigenvalue weighted by Gasteiger charge is -2.32. The smallest absolute Gasteiger partial charge is 0.408 e. The van der Waals surface area contributed by atoms with Gasteiger partial charge in [0, 0.05) is 5.75 Å². The normalized spacial score (nSPS) is 16.3. The van der Waals surface area contributed by atoms with Gasteiger partial charge in [0.1, 0.15) is 24.1 Å². The van der Waals surface area contributed by atoms with Crippen molar-refractivity contribution in [2.45, 2.75) is 69.7 Å². The Balaban J connectivity index is 1.51. The van der Waals surface area contributed by atoms with E-state index in [2.05, 4.69) is 10.6 Å². The van der Waals surface area contributed by atoms with E-state index in [-0.39, 0.29) is 12.4 Å². The molecule has 2 unspecified atom stereocenters. The molecule has 0 radical (unpaired) electrons. The van der Waals surface area contributed by atoms with Crippen LogP contribution in [0.1, 0.15) is 55.2 Å². The number of hydrogen-bond acceptors (Lipinski definition) is 8. The number of nitrogens with zero attached hydrogens (tertiary/aromatic N) is 1. The standard InChI is InChI=1S/C36H41N3O7S/c1-25(2)46-35(43)31(40)22-37-32(41)30-24-47-34(28-19-10-5-11-20-28)39(30)33(42)29(21-13-12-16-26-14-6-3-7-15-26)38-36(44)45-23-27-17-8-4-9-18-27/h3-11,14-15,17-20,25,29-30,34H,12-13,16,21-24H2,1-2H3,(H,37,41)(H,38,44)/t29?,30-,34?/m0/s1. The van der Waals surface area contributed by atoms with Gasteiger partial charge in [-0.1, -0.05) is 97.4 Å². The number of carbonyl (C=O) groups is 5. The highest BCUT2D eigenvalue weighted by molar-refractivity contribution is 7.99. The third-order valence-electron chi connectivity index (χ3n) is 7.49. The molecule has 0 aliphatic carbocycles. The maximum Gasteiger partial charge on any atom is 0.408 e. The molecule has 0 saturated carbocycles. The van der Waals surface area contributed by atoms with Gasteiger partial charge in [-0.2, -0.15) is 0 Å². The minimum atomic E-state index is -1.04. The van der Waals surface area contributed by atoms with Crippen LogP contribution in [-0.4, -0.2) is 65.0 Å². The van der Waals surface area contributed by atoms with E-state index in [1.54, 1.807) is 13.8 Å². The fourth-order valence-electron chi connectivity index (χ4n) is 5.16. The molecule has 10 nitrogen and oxygen atoms in total. The summed E-state index contributed by atoms with van der Waals surface area (Å²) in [4.78, 5) is 66.7. The zero-order valence-electron chi connectivity index (χ0n) is 26.6. The molecule has 47 heavy (non-hydrogen) atoms. The molecule has 3 aromatic carbocycles. The van der Waals surface area contributed by atoms with Crippen molar-refractivity contribution in [1.29, 1.82) is 0 Å². The van der Waals surface area contributed by atoms with Crippen LogP contribution in [-0.2, 0) is 41.7 Å². The van der Waals surface area contributed by atoms with E-state index < -0.39 is 59.8 Å². The largest absolute Gasteiger partial charge is 0.457 e. The summed E-state index contributed by atoms with van der Waals surface area (Å²) in [6.07, 6.45) is 1.32. The number of carbonyl (C=O) groups excluding carboxylic acids is 5. The first kappa shape index (κ1) is 35.2. The molecule has 0 spiro atoms. The van der Waals surface area contributed by atoms with Gasteiger partial charge in [-0.15, -0.1) is 11.8 Å². The number of aryl methyl sites for hydroxylation is 1. The average molecular weight is 660 g/mol. The van der Waals surface area contributed by atoms with Crippen LogP contribution in [0.15, 0.2) is 91.0 Å². The number of nitrogens with one attached hydrogen (secondary N) is 2. The zero-order chi connectivity index (χ0) is 33.6. The van der Waals surface area contributed by atoms with Crippen molar-refractivity contribution < 1.29 is 33.4 Å². The molecule has 0 bridgehead atoms. The summed E-state index contributed by atoms with van der Waals surface area (Å²) in [6, 6.07) is 26.6. The topological polar surface area (TPSA) is 131 Å². The third kappa shape index (κ3) is 10.7. The van der Waals surface area contributed by atoms with Crippen LogP contribution >= 0.6 is 11.8 Å². The Morgan fingerprint density at radius 1 is 0.851 bits per heavy atom. The second kappa shape index (κ2) is 17.9. The SMILES string of the molecule is CC(C)OC(=O)C(=O)CNC(=O)[C@@H]1CSC(c2ccccc2)N1C(=O)C(CCCCc1ccccc1)NC(=O)OCc1ccccc1. The Labute approximate surface area is 279 Å². The molecular formula is C36H41N3O7S. The van der Waals surface area contributed by atoms with E-state index in [1.807, 2.05) is 91.0 Å². The van der Waals surface area contributed by atoms with Gasteiger partial charge in [-0.05, 0) is 49.8 Å². The number of esters is 1. The number of amides is 3. The molecular weight excluding hydrogens is 618 g/mol. The lowest BCUT2D eigenvalue weighted by atomic mass is 10.0. The summed E-state index contributed by atoms with van der Waals surface area (Å²) in [6.45, 7) is 2.72. The molecule has 3 amide bonds. The number of unbranched alkanes of at least 4 members (excludes halogenated alkanes) is 1. The van der Waals surface area contributed by atoms with Crippen molar-refractivity contribution in [3.8, 4) is 0 Å². The maximum absolute atomic E-state index is 14.4. The lowest BCUT2D eigenvalue weighted by Crippen LogP contribution is -2.55. The molecule has 1 heterocycles. The Hall–Kier alpha value is -4.64. The van der Waals surface area contributed by atoms with E-state index in [0.717, 1.165) is 24.0 Å². The summed E-state index contributed by atoms with van der Waals surface area (Å²) in [5, 5.41) is 4.77. The predicted octanol–water partition coefficient (Wildman–Crippen LogP) is 4.97. The molecule has 11 heteroatoms. The molecule has 1 aliphatic rings. The number of ether oxygens (including phenoxy) is 2.